The van der Waals surface area contributed by atoms with Gasteiger partial charge >= 0.3 is 0 Å². The lowest BCUT2D eigenvalue weighted by atomic mass is 10.0. The maximum absolute atomic E-state index is 11.7. The largest absolute Gasteiger partial charge is 0.361 e. The molecular weight excluding hydrogens is 214 g/mol. The third-order valence-corrected chi connectivity index (χ3v) is 3.28. The van der Waals surface area contributed by atoms with Crippen LogP contribution >= 0.6 is 0 Å². The van der Waals surface area contributed by atoms with Gasteiger partial charge < -0.3 is 15.6 Å². The normalized spacial score (nSPS) is 15.8. The Balaban J connectivity index is 1.70. The molecule has 1 aliphatic rings. The fraction of sp³-hybridized carbons (Fsp3) is 0.308. The molecule has 4 nitrogen and oxygen atoms in total. The summed E-state index contributed by atoms with van der Waals surface area (Å²) in [5.74, 6) is 0.300. The Morgan fingerprint density at radius 1 is 1.35 bits per heavy atom. The number of para-hydroxylation sites is 1. The Kier molecular flexibility index (Phi) is 2.57. The standard InChI is InChI=1S/C13H15N3O/c17-13(10-5-14-6-10)16-8-9-7-15-12-4-2-1-3-11(9)12/h1-4,7,10,14-15H,5-6,8H2,(H,16,17). The maximum Gasteiger partial charge on any atom is 0.225 e. The number of amides is 1. The van der Waals surface area contributed by atoms with E-state index in [4.69, 9.17) is 0 Å². The van der Waals surface area contributed by atoms with Crippen LogP contribution in [0.25, 0.3) is 10.9 Å². The molecule has 1 fully saturated rings. The first-order valence-corrected chi connectivity index (χ1v) is 5.88. The Morgan fingerprint density at radius 3 is 2.94 bits per heavy atom. The number of aromatic amines is 1. The molecule has 0 aliphatic carbocycles. The predicted octanol–water partition coefficient (Wildman–Crippen LogP) is 1.00. The van der Waals surface area contributed by atoms with E-state index in [0.717, 1.165) is 24.2 Å². The van der Waals surface area contributed by atoms with Crippen molar-refractivity contribution < 1.29 is 4.79 Å². The van der Waals surface area contributed by atoms with Crippen molar-refractivity contribution in [1.29, 1.82) is 0 Å². The summed E-state index contributed by atoms with van der Waals surface area (Å²) in [4.78, 5) is 14.9. The van der Waals surface area contributed by atoms with Crippen LogP contribution in [-0.4, -0.2) is 24.0 Å². The summed E-state index contributed by atoms with van der Waals surface area (Å²) in [6.07, 6.45) is 1.96. The van der Waals surface area contributed by atoms with Gasteiger partial charge in [0, 0.05) is 36.7 Å². The first-order valence-electron chi connectivity index (χ1n) is 5.88. The van der Waals surface area contributed by atoms with Gasteiger partial charge in [-0.1, -0.05) is 18.2 Å². The molecule has 0 unspecified atom stereocenters. The van der Waals surface area contributed by atoms with Gasteiger partial charge in [0.15, 0.2) is 0 Å². The van der Waals surface area contributed by atoms with Crippen LogP contribution in [0.4, 0.5) is 0 Å². The minimum absolute atomic E-state index is 0.147. The average Bonchev–Trinajstić information content (AvgIpc) is 2.67. The van der Waals surface area contributed by atoms with Crippen LogP contribution in [0.1, 0.15) is 5.56 Å². The molecule has 1 amide bonds. The third kappa shape index (κ3) is 1.91. The third-order valence-electron chi connectivity index (χ3n) is 3.28. The SMILES string of the molecule is O=C(NCc1c[nH]c2ccccc12)C1CNC1. The molecule has 2 aromatic rings. The number of hydrogen-bond donors (Lipinski definition) is 3. The Hall–Kier alpha value is -1.81. The van der Waals surface area contributed by atoms with Gasteiger partial charge in [-0.3, -0.25) is 4.79 Å². The lowest BCUT2D eigenvalue weighted by Crippen LogP contribution is -2.50. The average molecular weight is 229 g/mol. The highest BCUT2D eigenvalue weighted by atomic mass is 16.2. The Bertz CT molecular complexity index is 542. The quantitative estimate of drug-likeness (QED) is 0.735. The highest BCUT2D eigenvalue weighted by Crippen LogP contribution is 2.17. The summed E-state index contributed by atoms with van der Waals surface area (Å²) >= 11 is 0. The van der Waals surface area contributed by atoms with Gasteiger partial charge in [-0.25, -0.2) is 0 Å². The number of rotatable bonds is 3. The van der Waals surface area contributed by atoms with Crippen molar-refractivity contribution in [3.63, 3.8) is 0 Å². The molecule has 0 atom stereocenters. The minimum atomic E-state index is 0.147. The molecule has 0 radical (unpaired) electrons. The molecule has 17 heavy (non-hydrogen) atoms. The predicted molar refractivity (Wildman–Crippen MR) is 66.5 cm³/mol. The summed E-state index contributed by atoms with van der Waals surface area (Å²) in [6.45, 7) is 2.21. The van der Waals surface area contributed by atoms with E-state index in [1.165, 1.54) is 5.39 Å². The van der Waals surface area contributed by atoms with E-state index in [9.17, 15) is 4.79 Å². The second-order valence-electron chi connectivity index (χ2n) is 4.43. The van der Waals surface area contributed by atoms with E-state index in [0.29, 0.717) is 6.54 Å². The van der Waals surface area contributed by atoms with E-state index in [-0.39, 0.29) is 11.8 Å². The molecule has 4 heteroatoms. The van der Waals surface area contributed by atoms with Crippen LogP contribution in [0, 0.1) is 5.92 Å². The van der Waals surface area contributed by atoms with Gasteiger partial charge in [0.05, 0.1) is 5.92 Å². The molecule has 88 valence electrons. The number of carbonyl (C=O) groups excluding carboxylic acids is 1. The van der Waals surface area contributed by atoms with Crippen molar-refractivity contribution in [1.82, 2.24) is 15.6 Å². The van der Waals surface area contributed by atoms with Crippen LogP contribution in [0.5, 0.6) is 0 Å². The number of aromatic nitrogens is 1. The molecule has 1 aromatic heterocycles. The van der Waals surface area contributed by atoms with Crippen LogP contribution < -0.4 is 10.6 Å². The highest BCUT2D eigenvalue weighted by molar-refractivity contribution is 5.84. The molecule has 0 saturated carbocycles. The van der Waals surface area contributed by atoms with Gasteiger partial charge in [-0.2, -0.15) is 0 Å². The second kappa shape index (κ2) is 4.22. The molecule has 0 bridgehead atoms. The van der Waals surface area contributed by atoms with Crippen LogP contribution in [0.15, 0.2) is 30.5 Å². The fourth-order valence-electron chi connectivity index (χ4n) is 2.08. The van der Waals surface area contributed by atoms with Crippen molar-refractivity contribution >= 4 is 16.8 Å². The zero-order valence-electron chi connectivity index (χ0n) is 9.49. The van der Waals surface area contributed by atoms with Gasteiger partial charge in [0.2, 0.25) is 5.91 Å². The first kappa shape index (κ1) is 10.4. The van der Waals surface area contributed by atoms with Crippen molar-refractivity contribution in [2.45, 2.75) is 6.54 Å². The van der Waals surface area contributed by atoms with Crippen molar-refractivity contribution in [2.24, 2.45) is 5.92 Å². The van der Waals surface area contributed by atoms with Crippen LogP contribution in [-0.2, 0) is 11.3 Å². The van der Waals surface area contributed by atoms with Crippen molar-refractivity contribution in [3.05, 3.63) is 36.0 Å². The number of nitrogens with one attached hydrogen (secondary N) is 3. The number of H-pyrrole nitrogens is 1. The van der Waals surface area contributed by atoms with Gasteiger partial charge in [-0.05, 0) is 11.6 Å². The molecule has 1 saturated heterocycles. The number of carbonyl (C=O) groups is 1. The van der Waals surface area contributed by atoms with E-state index >= 15 is 0 Å². The molecule has 1 aromatic carbocycles. The summed E-state index contributed by atoms with van der Waals surface area (Å²) in [7, 11) is 0. The zero-order valence-corrected chi connectivity index (χ0v) is 9.49. The zero-order chi connectivity index (χ0) is 11.7. The van der Waals surface area contributed by atoms with E-state index in [2.05, 4.69) is 21.7 Å². The van der Waals surface area contributed by atoms with Crippen LogP contribution in [0.3, 0.4) is 0 Å². The van der Waals surface area contributed by atoms with E-state index in [1.54, 1.807) is 0 Å². The number of benzene rings is 1. The Morgan fingerprint density at radius 2 is 2.18 bits per heavy atom. The summed E-state index contributed by atoms with van der Waals surface area (Å²) in [5.41, 5.74) is 2.25. The van der Waals surface area contributed by atoms with Gasteiger partial charge in [0.1, 0.15) is 0 Å². The van der Waals surface area contributed by atoms with E-state index < -0.39 is 0 Å². The first-order chi connectivity index (χ1) is 8.34. The van der Waals surface area contributed by atoms with Crippen LogP contribution in [0.2, 0.25) is 0 Å². The van der Waals surface area contributed by atoms with E-state index in [1.807, 2.05) is 24.4 Å². The minimum Gasteiger partial charge on any atom is -0.361 e. The van der Waals surface area contributed by atoms with Gasteiger partial charge in [0.25, 0.3) is 0 Å². The maximum atomic E-state index is 11.7. The van der Waals surface area contributed by atoms with Gasteiger partial charge in [-0.15, -0.1) is 0 Å². The summed E-state index contributed by atoms with van der Waals surface area (Å²) < 4.78 is 0. The number of fused-ring (bicyclic) bond motifs is 1. The lowest BCUT2D eigenvalue weighted by molar-refractivity contribution is -0.126. The second-order valence-corrected chi connectivity index (χ2v) is 4.43. The summed E-state index contributed by atoms with van der Waals surface area (Å²) in [5, 5.41) is 7.26. The topological polar surface area (TPSA) is 56.9 Å². The van der Waals surface area contributed by atoms with Crippen molar-refractivity contribution in [2.75, 3.05) is 13.1 Å². The summed E-state index contributed by atoms with van der Waals surface area (Å²) in [6, 6.07) is 8.12. The smallest absolute Gasteiger partial charge is 0.225 e. The molecule has 2 heterocycles. The molecule has 3 N–H and O–H groups in total. The van der Waals surface area contributed by atoms with Crippen molar-refractivity contribution in [3.8, 4) is 0 Å². The Labute approximate surface area is 99.4 Å². The lowest BCUT2D eigenvalue weighted by Gasteiger charge is -2.25. The monoisotopic (exact) mass is 229 g/mol. The molecular formula is C13H15N3O. The molecule has 3 rings (SSSR count). The number of hydrogen-bond acceptors (Lipinski definition) is 2. The molecule has 0 spiro atoms. The highest BCUT2D eigenvalue weighted by Gasteiger charge is 2.24. The fourth-order valence-corrected chi connectivity index (χ4v) is 2.08. The molecule has 1 aliphatic heterocycles.